The fourth-order valence-corrected chi connectivity index (χ4v) is 2.98. The molecule has 1 aliphatic heterocycles. The van der Waals surface area contributed by atoms with Crippen LogP contribution in [0.4, 0.5) is 17.1 Å². The van der Waals surface area contributed by atoms with E-state index in [1.807, 2.05) is 19.1 Å². The number of anilines is 1. The number of hydrogen-bond donors (Lipinski definition) is 1. The van der Waals surface area contributed by atoms with Gasteiger partial charge in [0, 0.05) is 25.3 Å². The third-order valence-corrected chi connectivity index (χ3v) is 3.76. The Bertz CT molecular complexity index is 531. The highest BCUT2D eigenvalue weighted by atomic mass is 16.5. The molecule has 1 fully saturated rings. The molecule has 0 saturated carbocycles. The summed E-state index contributed by atoms with van der Waals surface area (Å²) in [4.78, 5) is 10.9. The van der Waals surface area contributed by atoms with Crippen LogP contribution in [-0.2, 0) is 0 Å². The summed E-state index contributed by atoms with van der Waals surface area (Å²) < 4.78 is 5.36. The van der Waals surface area contributed by atoms with Gasteiger partial charge in [-0.25, -0.2) is 0 Å². The van der Waals surface area contributed by atoms with Crippen LogP contribution < -0.4 is 15.4 Å². The first-order valence-electron chi connectivity index (χ1n) is 7.27. The number of hydrogen-bond acceptors (Lipinski definition) is 5. The van der Waals surface area contributed by atoms with Crippen LogP contribution in [0.3, 0.4) is 0 Å². The molecular formula is C16H24N4O. The molecule has 2 N–H and O–H groups in total. The van der Waals surface area contributed by atoms with Gasteiger partial charge in [-0.2, -0.15) is 0 Å². The van der Waals surface area contributed by atoms with Crippen molar-refractivity contribution in [2.45, 2.75) is 26.3 Å². The molecule has 1 saturated heterocycles. The highest BCUT2D eigenvalue weighted by Crippen LogP contribution is 2.45. The van der Waals surface area contributed by atoms with E-state index >= 15 is 0 Å². The summed E-state index contributed by atoms with van der Waals surface area (Å²) >= 11 is 0. The molecule has 0 aromatic heterocycles. The molecule has 5 nitrogen and oxygen atoms in total. The van der Waals surface area contributed by atoms with E-state index in [0.29, 0.717) is 17.4 Å². The normalized spacial score (nSPS) is 22.6. The minimum atomic E-state index is 0.189. The van der Waals surface area contributed by atoms with Gasteiger partial charge in [0.15, 0.2) is 0 Å². The lowest BCUT2D eigenvalue weighted by atomic mass is 9.96. The zero-order valence-corrected chi connectivity index (χ0v) is 13.0. The Kier molecular flexibility index (Phi) is 4.96. The quantitative estimate of drug-likeness (QED) is 0.866. The SMILES string of the molecule is C=Nc1c(OC)ccc(N2C[C@@H](C)C[C@@H](N)C2)c1/N=C\C. The lowest BCUT2D eigenvalue weighted by Gasteiger charge is -2.37. The van der Waals surface area contributed by atoms with Gasteiger partial charge in [0.2, 0.25) is 0 Å². The van der Waals surface area contributed by atoms with Crippen LogP contribution in [0.2, 0.25) is 0 Å². The Labute approximate surface area is 126 Å². The third kappa shape index (κ3) is 3.24. The minimum Gasteiger partial charge on any atom is -0.494 e. The number of piperidine rings is 1. The van der Waals surface area contributed by atoms with Gasteiger partial charge < -0.3 is 15.4 Å². The lowest BCUT2D eigenvalue weighted by Crippen LogP contribution is -2.46. The summed E-state index contributed by atoms with van der Waals surface area (Å²) in [5.74, 6) is 1.25. The molecule has 1 aromatic carbocycles. The Morgan fingerprint density at radius 1 is 1.38 bits per heavy atom. The van der Waals surface area contributed by atoms with Crippen LogP contribution in [0.15, 0.2) is 22.1 Å². The van der Waals surface area contributed by atoms with Crippen LogP contribution in [0.25, 0.3) is 0 Å². The molecule has 0 radical (unpaired) electrons. The van der Waals surface area contributed by atoms with Crippen LogP contribution >= 0.6 is 0 Å². The molecule has 5 heteroatoms. The van der Waals surface area contributed by atoms with Crippen molar-refractivity contribution in [3.05, 3.63) is 12.1 Å². The Balaban J connectivity index is 2.49. The Morgan fingerprint density at radius 3 is 2.71 bits per heavy atom. The number of aliphatic imine (C=N–C) groups is 2. The molecule has 1 heterocycles. The van der Waals surface area contributed by atoms with Gasteiger partial charge in [0.25, 0.3) is 0 Å². The highest BCUT2D eigenvalue weighted by molar-refractivity contribution is 5.86. The standard InChI is InChI=1S/C16H24N4O/c1-5-19-15-13(6-7-14(21-4)16(15)18-3)20-9-11(2)8-12(17)10-20/h5-7,11-12H,3,8-10,17H2,1-2,4H3/b19-5-/t11-,12+/m0/s1. The maximum absolute atomic E-state index is 6.16. The molecule has 2 atom stereocenters. The van der Waals surface area contributed by atoms with Crippen LogP contribution in [0, 0.1) is 5.92 Å². The lowest BCUT2D eigenvalue weighted by molar-refractivity contribution is 0.401. The van der Waals surface area contributed by atoms with Gasteiger partial charge >= 0.3 is 0 Å². The summed E-state index contributed by atoms with van der Waals surface area (Å²) in [6.07, 6.45) is 2.83. The van der Waals surface area contributed by atoms with Crippen LogP contribution in [0.1, 0.15) is 20.3 Å². The van der Waals surface area contributed by atoms with Crippen LogP contribution in [-0.4, -0.2) is 39.2 Å². The maximum atomic E-state index is 6.16. The summed E-state index contributed by atoms with van der Waals surface area (Å²) in [7, 11) is 1.63. The second kappa shape index (κ2) is 6.72. The van der Waals surface area contributed by atoms with E-state index in [4.69, 9.17) is 10.5 Å². The Hall–Kier alpha value is -1.88. The zero-order valence-electron chi connectivity index (χ0n) is 13.0. The molecule has 0 spiro atoms. The summed E-state index contributed by atoms with van der Waals surface area (Å²) in [5.41, 5.74) is 8.68. The van der Waals surface area contributed by atoms with E-state index in [2.05, 4.69) is 28.5 Å². The fourth-order valence-electron chi connectivity index (χ4n) is 2.98. The van der Waals surface area contributed by atoms with Crippen molar-refractivity contribution in [1.29, 1.82) is 0 Å². The molecule has 21 heavy (non-hydrogen) atoms. The molecule has 0 unspecified atom stereocenters. The minimum absolute atomic E-state index is 0.189. The highest BCUT2D eigenvalue weighted by Gasteiger charge is 2.25. The maximum Gasteiger partial charge on any atom is 0.146 e. The van der Waals surface area contributed by atoms with E-state index in [1.165, 1.54) is 0 Å². The number of nitrogens with two attached hydrogens (primary N) is 1. The van der Waals surface area contributed by atoms with Gasteiger partial charge in [-0.15, -0.1) is 0 Å². The first kappa shape index (κ1) is 15.5. The molecule has 2 rings (SSSR count). The van der Waals surface area contributed by atoms with Crippen molar-refractivity contribution < 1.29 is 4.74 Å². The largest absolute Gasteiger partial charge is 0.494 e. The molecule has 0 bridgehead atoms. The Morgan fingerprint density at radius 2 is 2.14 bits per heavy atom. The summed E-state index contributed by atoms with van der Waals surface area (Å²) in [6.45, 7) is 9.58. The van der Waals surface area contributed by atoms with Gasteiger partial charge in [0.1, 0.15) is 17.1 Å². The van der Waals surface area contributed by atoms with E-state index < -0.39 is 0 Å². The first-order valence-corrected chi connectivity index (χ1v) is 7.27. The smallest absolute Gasteiger partial charge is 0.146 e. The van der Waals surface area contributed by atoms with E-state index in [1.54, 1.807) is 13.3 Å². The molecular weight excluding hydrogens is 264 g/mol. The number of benzene rings is 1. The fraction of sp³-hybridized carbons (Fsp3) is 0.500. The average Bonchev–Trinajstić information content (AvgIpc) is 2.45. The van der Waals surface area contributed by atoms with Gasteiger partial charge in [-0.3, -0.25) is 9.98 Å². The zero-order chi connectivity index (χ0) is 15.4. The number of methoxy groups -OCH3 is 1. The second-order valence-corrected chi connectivity index (χ2v) is 5.54. The monoisotopic (exact) mass is 288 g/mol. The van der Waals surface area contributed by atoms with Gasteiger partial charge in [0.05, 0.1) is 12.8 Å². The molecule has 114 valence electrons. The molecule has 1 aromatic rings. The molecule has 0 aliphatic carbocycles. The molecule has 0 amide bonds. The third-order valence-electron chi connectivity index (χ3n) is 3.76. The van der Waals surface area contributed by atoms with Crippen molar-refractivity contribution in [1.82, 2.24) is 0 Å². The summed E-state index contributed by atoms with van der Waals surface area (Å²) in [5, 5.41) is 0. The second-order valence-electron chi connectivity index (χ2n) is 5.54. The van der Waals surface area contributed by atoms with Crippen molar-refractivity contribution >= 4 is 30.0 Å². The van der Waals surface area contributed by atoms with E-state index in [9.17, 15) is 0 Å². The van der Waals surface area contributed by atoms with E-state index in [0.717, 1.165) is 30.9 Å². The summed E-state index contributed by atoms with van der Waals surface area (Å²) in [6, 6.07) is 4.13. The topological polar surface area (TPSA) is 63.2 Å². The van der Waals surface area contributed by atoms with Crippen molar-refractivity contribution in [2.75, 3.05) is 25.1 Å². The van der Waals surface area contributed by atoms with Crippen molar-refractivity contribution in [3.8, 4) is 5.75 Å². The molecule has 1 aliphatic rings. The van der Waals surface area contributed by atoms with Gasteiger partial charge in [-0.05, 0) is 38.1 Å². The van der Waals surface area contributed by atoms with Crippen molar-refractivity contribution in [3.63, 3.8) is 0 Å². The predicted molar refractivity (Wildman–Crippen MR) is 90.0 cm³/mol. The number of rotatable bonds is 4. The predicted octanol–water partition coefficient (Wildman–Crippen LogP) is 2.92. The number of nitrogens with zero attached hydrogens (tertiary/aromatic N) is 3. The first-order chi connectivity index (χ1) is 10.1. The van der Waals surface area contributed by atoms with Crippen molar-refractivity contribution in [2.24, 2.45) is 21.6 Å². The van der Waals surface area contributed by atoms with E-state index in [-0.39, 0.29) is 6.04 Å². The van der Waals surface area contributed by atoms with Crippen LogP contribution in [0.5, 0.6) is 5.75 Å². The number of ether oxygens (including phenoxy) is 1. The van der Waals surface area contributed by atoms with Gasteiger partial charge in [-0.1, -0.05) is 6.92 Å². The average molecular weight is 288 g/mol.